The van der Waals surface area contributed by atoms with Gasteiger partial charge in [0.05, 0.1) is 26.2 Å². The third-order valence-electron chi connectivity index (χ3n) is 4.74. The van der Waals surface area contributed by atoms with Crippen molar-refractivity contribution >= 4 is 56.4 Å². The van der Waals surface area contributed by atoms with Crippen LogP contribution in [0.1, 0.15) is 30.1 Å². The summed E-state index contributed by atoms with van der Waals surface area (Å²) in [7, 11) is -3.70. The van der Waals surface area contributed by atoms with Crippen molar-refractivity contribution in [1.82, 2.24) is 4.31 Å². The zero-order valence-electron chi connectivity index (χ0n) is 15.1. The fourth-order valence-electron chi connectivity index (χ4n) is 3.00. The fraction of sp³-hybridized carbons (Fsp3) is 0.316. The molecule has 1 aliphatic rings. The van der Waals surface area contributed by atoms with E-state index in [0.717, 1.165) is 12.8 Å². The number of hydrogen-bond acceptors (Lipinski definition) is 3. The van der Waals surface area contributed by atoms with Gasteiger partial charge in [0.25, 0.3) is 5.91 Å². The summed E-state index contributed by atoms with van der Waals surface area (Å²) in [5.74, 6) is -0.0704. The van der Waals surface area contributed by atoms with Crippen molar-refractivity contribution in [3.8, 4) is 0 Å². The lowest BCUT2D eigenvalue weighted by Crippen LogP contribution is -2.37. The molecule has 2 aromatic rings. The maximum absolute atomic E-state index is 12.9. The van der Waals surface area contributed by atoms with Crippen molar-refractivity contribution in [1.29, 1.82) is 0 Å². The Morgan fingerprint density at radius 3 is 2.36 bits per heavy atom. The third-order valence-corrected chi connectivity index (χ3v) is 7.53. The number of rotatable bonds is 4. The van der Waals surface area contributed by atoms with Crippen molar-refractivity contribution in [2.24, 2.45) is 5.92 Å². The Kier molecular flexibility index (Phi) is 6.57. The molecule has 0 spiro atoms. The van der Waals surface area contributed by atoms with Crippen LogP contribution in [-0.2, 0) is 10.0 Å². The van der Waals surface area contributed by atoms with E-state index in [0.29, 0.717) is 34.7 Å². The Bertz CT molecular complexity index is 1000. The summed E-state index contributed by atoms with van der Waals surface area (Å²) in [6.45, 7) is 3.03. The minimum absolute atomic E-state index is 0.0359. The van der Waals surface area contributed by atoms with Gasteiger partial charge < -0.3 is 5.32 Å². The standard InChI is InChI=1S/C19H19Cl3N2O3S/c1-12-6-8-24(9-7-12)28(26,27)14-3-5-16(21)15(11-14)19(25)23-18-10-13(20)2-4-17(18)22/h2-5,10-12H,6-9H2,1H3,(H,23,25). The fourth-order valence-corrected chi connectivity index (χ4v) is 5.03. The highest BCUT2D eigenvalue weighted by Crippen LogP contribution is 2.29. The van der Waals surface area contributed by atoms with Crippen LogP contribution >= 0.6 is 34.8 Å². The van der Waals surface area contributed by atoms with Crippen molar-refractivity contribution in [2.45, 2.75) is 24.7 Å². The Hall–Kier alpha value is -1.31. The lowest BCUT2D eigenvalue weighted by molar-refractivity contribution is 0.102. The molecule has 1 N–H and O–H groups in total. The van der Waals surface area contributed by atoms with E-state index in [1.54, 1.807) is 12.1 Å². The zero-order chi connectivity index (χ0) is 20.5. The maximum atomic E-state index is 12.9. The summed E-state index contributed by atoms with van der Waals surface area (Å²) in [6.07, 6.45) is 1.63. The minimum atomic E-state index is -3.70. The zero-order valence-corrected chi connectivity index (χ0v) is 18.2. The van der Waals surface area contributed by atoms with E-state index in [9.17, 15) is 13.2 Å². The van der Waals surface area contributed by atoms with Gasteiger partial charge in [0, 0.05) is 18.1 Å². The first-order chi connectivity index (χ1) is 13.2. The lowest BCUT2D eigenvalue weighted by atomic mass is 10.0. The van der Waals surface area contributed by atoms with E-state index in [1.165, 1.54) is 28.6 Å². The summed E-state index contributed by atoms with van der Waals surface area (Å²) in [5, 5.41) is 3.47. The van der Waals surface area contributed by atoms with Gasteiger partial charge >= 0.3 is 0 Å². The number of nitrogens with one attached hydrogen (secondary N) is 1. The van der Waals surface area contributed by atoms with E-state index >= 15 is 0 Å². The van der Waals surface area contributed by atoms with Gasteiger partial charge in [-0.15, -0.1) is 0 Å². The molecular formula is C19H19Cl3N2O3S. The predicted molar refractivity (Wildman–Crippen MR) is 113 cm³/mol. The highest BCUT2D eigenvalue weighted by molar-refractivity contribution is 7.89. The van der Waals surface area contributed by atoms with Gasteiger partial charge in [-0.05, 0) is 55.2 Å². The second-order valence-corrected chi connectivity index (χ2v) is 10.00. The molecular weight excluding hydrogens is 443 g/mol. The highest BCUT2D eigenvalue weighted by Gasteiger charge is 2.29. The normalized spacial score (nSPS) is 16.1. The van der Waals surface area contributed by atoms with E-state index in [2.05, 4.69) is 12.2 Å². The number of benzene rings is 2. The quantitative estimate of drug-likeness (QED) is 0.670. The SMILES string of the molecule is CC1CCN(S(=O)(=O)c2ccc(Cl)c(C(=O)Nc3cc(Cl)ccc3Cl)c2)CC1. The van der Waals surface area contributed by atoms with Crippen molar-refractivity contribution < 1.29 is 13.2 Å². The number of halogens is 3. The minimum Gasteiger partial charge on any atom is -0.321 e. The van der Waals surface area contributed by atoms with Gasteiger partial charge in [-0.2, -0.15) is 4.31 Å². The van der Waals surface area contributed by atoms with Crippen LogP contribution < -0.4 is 5.32 Å². The molecule has 0 radical (unpaired) electrons. The van der Waals surface area contributed by atoms with Crippen molar-refractivity contribution in [3.05, 3.63) is 57.0 Å². The van der Waals surface area contributed by atoms with Crippen LogP contribution in [0, 0.1) is 5.92 Å². The number of carbonyl (C=O) groups excluding carboxylic acids is 1. The molecule has 1 aliphatic heterocycles. The molecule has 0 unspecified atom stereocenters. The summed E-state index contributed by atoms with van der Waals surface area (Å²) < 4.78 is 27.3. The number of carbonyl (C=O) groups is 1. The van der Waals surface area contributed by atoms with Gasteiger partial charge in [0.1, 0.15) is 0 Å². The molecule has 0 bridgehead atoms. The van der Waals surface area contributed by atoms with Crippen LogP contribution in [0.3, 0.4) is 0 Å². The Balaban J connectivity index is 1.89. The predicted octanol–water partition coefficient (Wildman–Crippen LogP) is 5.32. The van der Waals surface area contributed by atoms with Gasteiger partial charge in [-0.25, -0.2) is 8.42 Å². The van der Waals surface area contributed by atoms with Crippen LogP contribution in [0.5, 0.6) is 0 Å². The van der Waals surface area contributed by atoms with Gasteiger partial charge in [-0.1, -0.05) is 41.7 Å². The van der Waals surface area contributed by atoms with E-state index < -0.39 is 15.9 Å². The molecule has 0 aromatic heterocycles. The van der Waals surface area contributed by atoms with Gasteiger partial charge in [0.15, 0.2) is 0 Å². The molecule has 1 amide bonds. The van der Waals surface area contributed by atoms with E-state index in [-0.39, 0.29) is 15.5 Å². The average molecular weight is 462 g/mol. The molecule has 28 heavy (non-hydrogen) atoms. The number of amides is 1. The Labute approximate surface area is 179 Å². The second kappa shape index (κ2) is 8.59. The third kappa shape index (κ3) is 4.63. The van der Waals surface area contributed by atoms with Crippen LogP contribution in [0.4, 0.5) is 5.69 Å². The Morgan fingerprint density at radius 1 is 1.04 bits per heavy atom. The summed E-state index contributed by atoms with van der Waals surface area (Å²) >= 11 is 18.2. The Morgan fingerprint density at radius 2 is 1.68 bits per heavy atom. The monoisotopic (exact) mass is 460 g/mol. The molecule has 1 saturated heterocycles. The van der Waals surface area contributed by atoms with Gasteiger partial charge in [-0.3, -0.25) is 4.79 Å². The molecule has 0 aliphatic carbocycles. The van der Waals surface area contributed by atoms with Crippen LogP contribution in [0.25, 0.3) is 0 Å². The van der Waals surface area contributed by atoms with Gasteiger partial charge in [0.2, 0.25) is 10.0 Å². The maximum Gasteiger partial charge on any atom is 0.257 e. The number of nitrogens with zero attached hydrogens (tertiary/aromatic N) is 1. The largest absolute Gasteiger partial charge is 0.321 e. The molecule has 0 atom stereocenters. The summed E-state index contributed by atoms with van der Waals surface area (Å²) in [5.41, 5.74) is 0.359. The average Bonchev–Trinajstić information content (AvgIpc) is 2.65. The molecule has 150 valence electrons. The first-order valence-corrected chi connectivity index (χ1v) is 11.3. The van der Waals surface area contributed by atoms with Crippen LogP contribution in [0.15, 0.2) is 41.3 Å². The molecule has 0 saturated carbocycles. The van der Waals surface area contributed by atoms with Crippen molar-refractivity contribution in [2.75, 3.05) is 18.4 Å². The lowest BCUT2D eigenvalue weighted by Gasteiger charge is -2.29. The first-order valence-electron chi connectivity index (χ1n) is 8.74. The summed E-state index contributed by atoms with van der Waals surface area (Å²) in [4.78, 5) is 12.7. The topological polar surface area (TPSA) is 66.5 Å². The highest BCUT2D eigenvalue weighted by atomic mass is 35.5. The second-order valence-electron chi connectivity index (χ2n) is 6.81. The molecule has 5 nitrogen and oxygen atoms in total. The van der Waals surface area contributed by atoms with E-state index in [1.807, 2.05) is 0 Å². The summed E-state index contributed by atoms with van der Waals surface area (Å²) in [6, 6.07) is 8.78. The smallest absolute Gasteiger partial charge is 0.257 e. The number of sulfonamides is 1. The van der Waals surface area contributed by atoms with Crippen LogP contribution in [0.2, 0.25) is 15.1 Å². The number of hydrogen-bond donors (Lipinski definition) is 1. The number of anilines is 1. The first kappa shape index (κ1) is 21.4. The molecule has 3 rings (SSSR count). The molecule has 1 fully saturated rings. The molecule has 9 heteroatoms. The van der Waals surface area contributed by atoms with Crippen molar-refractivity contribution in [3.63, 3.8) is 0 Å². The molecule has 1 heterocycles. The van der Waals surface area contributed by atoms with E-state index in [4.69, 9.17) is 34.8 Å². The molecule has 2 aromatic carbocycles. The van der Waals surface area contributed by atoms with Crippen LogP contribution in [-0.4, -0.2) is 31.7 Å². The number of piperidine rings is 1.